The number of carbonyl (C=O) groups is 2. The summed E-state index contributed by atoms with van der Waals surface area (Å²) < 4.78 is 3.41. The van der Waals surface area contributed by atoms with E-state index in [1.54, 1.807) is 0 Å². The van der Waals surface area contributed by atoms with Crippen molar-refractivity contribution in [2.45, 2.75) is 0 Å². The summed E-state index contributed by atoms with van der Waals surface area (Å²) in [5.74, 6) is 0. The second-order valence-corrected chi connectivity index (χ2v) is 4.17. The zero-order valence-corrected chi connectivity index (χ0v) is 6.11. The highest BCUT2D eigenvalue weighted by Crippen LogP contribution is 2.54. The summed E-state index contributed by atoms with van der Waals surface area (Å²) >= 11 is 0. The monoisotopic (exact) mass is 175 g/mol. The van der Waals surface area contributed by atoms with Crippen molar-refractivity contribution in [3.05, 3.63) is 11.5 Å². The molecule has 0 aromatic heterocycles. The van der Waals surface area contributed by atoms with Crippen LogP contribution in [0.3, 0.4) is 0 Å². The summed E-state index contributed by atoms with van der Waals surface area (Å²) in [5.41, 5.74) is 0. The van der Waals surface area contributed by atoms with E-state index in [9.17, 15) is 9.59 Å². The Bertz CT molecular complexity index is 242. The molecule has 0 atom stereocenters. The van der Waals surface area contributed by atoms with Gasteiger partial charge in [-0.05, 0) is 11.5 Å². The molecule has 0 aromatic carbocycles. The van der Waals surface area contributed by atoms with Crippen LogP contribution in [-0.4, -0.2) is 27.0 Å². The molecule has 11 heavy (non-hydrogen) atoms. The van der Waals surface area contributed by atoms with Gasteiger partial charge >= 0.3 is 10.6 Å². The second kappa shape index (κ2) is 2.39. The first kappa shape index (κ1) is 7.80. The molecule has 0 amide bonds. The van der Waals surface area contributed by atoms with Crippen LogP contribution in [0, 0.1) is 0 Å². The van der Waals surface area contributed by atoms with Crippen molar-refractivity contribution in [1.29, 1.82) is 0 Å². The Labute approximate surface area is 63.5 Å². The van der Waals surface area contributed by atoms with Crippen molar-refractivity contribution in [2.75, 3.05) is 0 Å². The fourth-order valence-electron chi connectivity index (χ4n) is 0.596. The molecular weight excluding hydrogens is 170 g/mol. The smallest absolute Gasteiger partial charge is 0.379 e. The molecule has 0 radical (unpaired) electrons. The van der Waals surface area contributed by atoms with E-state index >= 15 is 0 Å². The maximum atomic E-state index is 10.5. The Hall–Kier alpha value is -1.30. The zero-order chi connectivity index (χ0) is 8.48. The third-order valence-electron chi connectivity index (χ3n) is 1.12. The molecule has 0 fully saturated rings. The molecule has 0 saturated heterocycles. The number of hydrogen-bond donors (Lipinski definition) is 2. The van der Waals surface area contributed by atoms with Crippen molar-refractivity contribution < 1.29 is 19.8 Å². The van der Waals surface area contributed by atoms with Crippen molar-refractivity contribution in [1.82, 2.24) is 0 Å². The van der Waals surface area contributed by atoms with E-state index in [1.807, 2.05) is 0 Å². The molecule has 1 heterocycles. The largest absolute Gasteiger partial charge is 0.472 e. The topological polar surface area (TPSA) is 87.0 Å². The summed E-state index contributed by atoms with van der Waals surface area (Å²) in [6, 6.07) is 0. The Kier molecular flexibility index (Phi) is 1.69. The maximum absolute atomic E-state index is 10.5. The predicted molar refractivity (Wildman–Crippen MR) is 41.3 cm³/mol. The molecule has 0 saturated carbocycles. The molecule has 0 aliphatic carbocycles. The van der Waals surface area contributed by atoms with Gasteiger partial charge in [0.05, 0.1) is 10.2 Å². The van der Waals surface area contributed by atoms with Gasteiger partial charge in [-0.1, -0.05) is 0 Å². The molecule has 60 valence electrons. The lowest BCUT2D eigenvalue weighted by atomic mass is 10.7. The van der Waals surface area contributed by atoms with Crippen LogP contribution in [0.25, 0.3) is 0 Å². The molecule has 0 aromatic rings. The van der Waals surface area contributed by atoms with Gasteiger partial charge in [0.25, 0.3) is 0 Å². The molecule has 5 nitrogen and oxygen atoms in total. The molecule has 2 N–H and O–H groups in total. The van der Waals surface area contributed by atoms with Gasteiger partial charge in [0.15, 0.2) is 0 Å². The van der Waals surface area contributed by atoms with Crippen LogP contribution in [0.15, 0.2) is 15.9 Å². The van der Waals surface area contributed by atoms with Crippen LogP contribution in [0.4, 0.5) is 9.59 Å². The molecule has 1 aliphatic heterocycles. The first-order valence-corrected chi connectivity index (χ1v) is 4.26. The number of nitrogens with zero attached hydrogens (tertiary/aromatic N) is 1. The minimum atomic E-state index is -2.97. The average molecular weight is 175 g/mol. The van der Waals surface area contributed by atoms with Gasteiger partial charge < -0.3 is 10.2 Å². The average Bonchev–Trinajstić information content (AvgIpc) is 2.34. The van der Waals surface area contributed by atoms with Gasteiger partial charge in [0.2, 0.25) is 0 Å². The van der Waals surface area contributed by atoms with E-state index in [4.69, 9.17) is 10.2 Å². The summed E-state index contributed by atoms with van der Waals surface area (Å²) in [6.45, 7) is 0. The Balaban J connectivity index is 3.09. The van der Waals surface area contributed by atoms with Gasteiger partial charge in [0.1, 0.15) is 0 Å². The normalized spacial score (nSPS) is 21.5. The van der Waals surface area contributed by atoms with E-state index in [1.165, 1.54) is 12.3 Å². The fourth-order valence-corrected chi connectivity index (χ4v) is 1.79. The lowest BCUT2D eigenvalue weighted by Gasteiger charge is -2.16. The molecule has 1 aliphatic rings. The second-order valence-electron chi connectivity index (χ2n) is 1.74. The Morgan fingerprint density at radius 1 is 1.27 bits per heavy atom. The Morgan fingerprint density at radius 3 is 2.00 bits per heavy atom. The highest BCUT2D eigenvalue weighted by atomic mass is 32.3. The minimum absolute atomic E-state index is 1.11. The summed E-state index contributed by atoms with van der Waals surface area (Å²) in [4.78, 5) is 20.9. The molecule has 1 rings (SSSR count). The quantitative estimate of drug-likeness (QED) is 0.586. The van der Waals surface area contributed by atoms with Crippen LogP contribution in [0.5, 0.6) is 0 Å². The first-order valence-electron chi connectivity index (χ1n) is 2.61. The fraction of sp³-hybridized carbons (Fsp3) is 0. The van der Waals surface area contributed by atoms with Crippen LogP contribution >= 0.6 is 10.2 Å². The summed E-state index contributed by atoms with van der Waals surface area (Å²) in [6.07, 6.45) is 2.52. The number of carboxylic acid groups (broad SMARTS) is 2. The molecule has 0 spiro atoms. The molecule has 0 unspecified atom stereocenters. The molecule has 0 bridgehead atoms. The van der Waals surface area contributed by atoms with Crippen molar-refractivity contribution in [3.63, 3.8) is 0 Å². The van der Waals surface area contributed by atoms with E-state index in [0.29, 0.717) is 0 Å². The van der Waals surface area contributed by atoms with Crippen LogP contribution in [-0.2, 0) is 0 Å². The van der Waals surface area contributed by atoms with Gasteiger partial charge in [-0.15, -0.1) is 0 Å². The third-order valence-corrected chi connectivity index (χ3v) is 3.19. The van der Waals surface area contributed by atoms with Gasteiger partial charge in [-0.2, -0.15) is 0 Å². The lowest BCUT2D eigenvalue weighted by Crippen LogP contribution is -2.12. The first-order chi connectivity index (χ1) is 5.09. The van der Waals surface area contributed by atoms with E-state index < -0.39 is 20.8 Å². The van der Waals surface area contributed by atoms with Crippen LogP contribution < -0.4 is 0 Å². The number of hydrogen-bond acceptors (Lipinski definition) is 3. The zero-order valence-electron chi connectivity index (χ0n) is 5.30. The minimum Gasteiger partial charge on any atom is -0.472 e. The lowest BCUT2D eigenvalue weighted by molar-refractivity contribution is 0.215. The van der Waals surface area contributed by atoms with E-state index in [2.05, 4.69) is 4.40 Å². The van der Waals surface area contributed by atoms with Crippen molar-refractivity contribution in [3.8, 4) is 0 Å². The third kappa shape index (κ3) is 1.01. The van der Waals surface area contributed by atoms with Crippen LogP contribution in [0.1, 0.15) is 0 Å². The van der Waals surface area contributed by atoms with Gasteiger partial charge in [-0.25, -0.2) is 14.0 Å². The van der Waals surface area contributed by atoms with Crippen molar-refractivity contribution in [2.24, 2.45) is 4.40 Å². The summed E-state index contributed by atoms with van der Waals surface area (Å²) in [5, 5.41) is 15.4. The SMILES string of the molecule is O=C(O)S1(C(=O)O)C=CC=N1. The van der Waals surface area contributed by atoms with Gasteiger partial charge in [0, 0.05) is 6.21 Å². The maximum Gasteiger partial charge on any atom is 0.379 e. The molecule has 6 heteroatoms. The van der Waals surface area contributed by atoms with Crippen LogP contribution in [0.2, 0.25) is 0 Å². The van der Waals surface area contributed by atoms with E-state index in [0.717, 1.165) is 5.41 Å². The van der Waals surface area contributed by atoms with Gasteiger partial charge in [-0.3, -0.25) is 0 Å². The standard InChI is InChI=1S/C5H5NO4S/c7-4(8)11(5(9)10)3-1-2-6-11/h1-3H,(H,7,8)(H,9,10). The van der Waals surface area contributed by atoms with Crippen molar-refractivity contribution >= 4 is 27.0 Å². The predicted octanol–water partition coefficient (Wildman–Crippen LogP) is 1.66. The number of allylic oxidation sites excluding steroid dienone is 1. The number of rotatable bonds is 0. The Morgan fingerprint density at radius 2 is 1.82 bits per heavy atom. The summed E-state index contributed by atoms with van der Waals surface area (Å²) in [7, 11) is -2.97. The molecular formula is C5H5NO4S. The highest BCUT2D eigenvalue weighted by Gasteiger charge is 2.39. The van der Waals surface area contributed by atoms with E-state index in [-0.39, 0.29) is 0 Å². The highest BCUT2D eigenvalue weighted by molar-refractivity contribution is 8.56.